The van der Waals surface area contributed by atoms with E-state index in [1.54, 1.807) is 17.0 Å². The molecule has 35 heavy (non-hydrogen) atoms. The first kappa shape index (κ1) is 23.5. The summed E-state index contributed by atoms with van der Waals surface area (Å²) in [5.74, 6) is 0.930. The molecular formula is C27H29ClN4O3. The Morgan fingerprint density at radius 2 is 1.77 bits per heavy atom. The highest BCUT2D eigenvalue weighted by Crippen LogP contribution is 2.33. The summed E-state index contributed by atoms with van der Waals surface area (Å²) in [5, 5.41) is 4.78. The van der Waals surface area contributed by atoms with Gasteiger partial charge in [-0.1, -0.05) is 53.5 Å². The monoisotopic (exact) mass is 492 g/mol. The lowest BCUT2D eigenvalue weighted by molar-refractivity contribution is -0.147. The van der Waals surface area contributed by atoms with Crippen LogP contribution in [-0.4, -0.2) is 44.8 Å². The summed E-state index contributed by atoms with van der Waals surface area (Å²) in [6.07, 6.45) is 5.52. The van der Waals surface area contributed by atoms with Crippen molar-refractivity contribution in [3.05, 3.63) is 71.1 Å². The smallest absolute Gasteiger partial charge is 0.249 e. The second kappa shape index (κ2) is 10.6. The predicted molar refractivity (Wildman–Crippen MR) is 132 cm³/mol. The number of piperidine rings is 1. The van der Waals surface area contributed by atoms with Crippen molar-refractivity contribution in [3.63, 3.8) is 0 Å². The molecule has 1 aliphatic carbocycles. The molecule has 8 heteroatoms. The average Bonchev–Trinajstić information content (AvgIpc) is 3.34. The molecule has 2 aromatic carbocycles. The molecule has 0 spiro atoms. The zero-order valence-electron chi connectivity index (χ0n) is 19.6. The largest absolute Gasteiger partial charge is 0.337 e. The lowest BCUT2D eigenvalue weighted by Gasteiger charge is -2.36. The molecule has 0 radical (unpaired) electrons. The lowest BCUT2D eigenvalue weighted by atomic mass is 9.84. The minimum Gasteiger partial charge on any atom is -0.337 e. The first-order valence-electron chi connectivity index (χ1n) is 12.3. The summed E-state index contributed by atoms with van der Waals surface area (Å²) in [7, 11) is 0. The third-order valence-electron chi connectivity index (χ3n) is 6.96. The molecule has 3 aromatic rings. The van der Waals surface area contributed by atoms with Crippen LogP contribution in [0, 0.1) is 5.92 Å². The van der Waals surface area contributed by atoms with E-state index in [-0.39, 0.29) is 30.3 Å². The van der Waals surface area contributed by atoms with Crippen LogP contribution < -0.4 is 0 Å². The van der Waals surface area contributed by atoms with E-state index in [1.807, 2.05) is 47.4 Å². The van der Waals surface area contributed by atoms with Crippen molar-refractivity contribution < 1.29 is 14.1 Å². The van der Waals surface area contributed by atoms with E-state index in [2.05, 4.69) is 10.1 Å². The van der Waals surface area contributed by atoms with Crippen LogP contribution in [0.25, 0.3) is 11.4 Å². The first-order valence-corrected chi connectivity index (χ1v) is 12.7. The molecule has 5 rings (SSSR count). The Balaban J connectivity index is 1.33. The quantitative estimate of drug-likeness (QED) is 0.448. The number of carbonyl (C=O) groups excluding carboxylic acids is 2. The van der Waals surface area contributed by atoms with Gasteiger partial charge in [0.2, 0.25) is 23.5 Å². The maximum absolute atomic E-state index is 13.6. The fourth-order valence-electron chi connectivity index (χ4n) is 4.76. The Bertz CT molecular complexity index is 1160. The zero-order chi connectivity index (χ0) is 24.2. The van der Waals surface area contributed by atoms with Crippen LogP contribution >= 0.6 is 11.6 Å². The third kappa shape index (κ3) is 5.40. The standard InChI is InChI=1S/C27H29ClN4O3/c28-22-14-12-20(13-15-22)25-29-26(35-30-25)23-11-4-5-16-32(23)24(33)18-31(27(34)21-9-6-10-21)17-19-7-2-1-3-8-19/h1-3,7-8,12-15,21,23H,4-6,9-11,16-18H2. The van der Waals surface area contributed by atoms with Crippen molar-refractivity contribution in [2.24, 2.45) is 5.92 Å². The van der Waals surface area contributed by atoms with E-state index in [0.29, 0.717) is 29.8 Å². The van der Waals surface area contributed by atoms with Crippen molar-refractivity contribution in [3.8, 4) is 11.4 Å². The average molecular weight is 493 g/mol. The summed E-state index contributed by atoms with van der Waals surface area (Å²) in [5.41, 5.74) is 1.82. The zero-order valence-corrected chi connectivity index (χ0v) is 20.4. The SMILES string of the molecule is O=C(C1CCC1)N(CC(=O)N1CCCCC1c1nc(-c2ccc(Cl)cc2)no1)Cc1ccccc1. The summed E-state index contributed by atoms with van der Waals surface area (Å²) >= 11 is 5.99. The molecule has 1 atom stereocenters. The first-order chi connectivity index (χ1) is 17.1. The second-order valence-electron chi connectivity index (χ2n) is 9.37. The third-order valence-corrected chi connectivity index (χ3v) is 7.21. The number of amides is 2. The minimum absolute atomic E-state index is 0.0292. The molecular weight excluding hydrogens is 464 g/mol. The number of rotatable bonds is 7. The molecule has 0 bridgehead atoms. The molecule has 1 saturated carbocycles. The Morgan fingerprint density at radius 1 is 1.00 bits per heavy atom. The van der Waals surface area contributed by atoms with Gasteiger partial charge in [-0.25, -0.2) is 0 Å². The number of hydrogen-bond donors (Lipinski definition) is 0. The van der Waals surface area contributed by atoms with Crippen molar-refractivity contribution in [2.75, 3.05) is 13.1 Å². The normalized spacial score (nSPS) is 18.2. The molecule has 1 saturated heterocycles. The molecule has 2 amide bonds. The number of halogens is 1. The van der Waals surface area contributed by atoms with Gasteiger partial charge in [-0.2, -0.15) is 4.98 Å². The summed E-state index contributed by atoms with van der Waals surface area (Å²) < 4.78 is 5.61. The van der Waals surface area contributed by atoms with E-state index in [0.717, 1.165) is 49.7 Å². The van der Waals surface area contributed by atoms with Gasteiger partial charge in [-0.15, -0.1) is 0 Å². The number of hydrogen-bond acceptors (Lipinski definition) is 5. The van der Waals surface area contributed by atoms with E-state index in [1.165, 1.54) is 0 Å². The summed E-state index contributed by atoms with van der Waals surface area (Å²) in [6.45, 7) is 1.10. The minimum atomic E-state index is -0.290. The molecule has 1 aromatic heterocycles. The lowest BCUT2D eigenvalue weighted by Crippen LogP contribution is -2.47. The molecule has 0 N–H and O–H groups in total. The van der Waals surface area contributed by atoms with Crippen LogP contribution in [0.15, 0.2) is 59.1 Å². The number of benzene rings is 2. The van der Waals surface area contributed by atoms with Gasteiger partial charge in [0.25, 0.3) is 0 Å². The van der Waals surface area contributed by atoms with Crippen LogP contribution in [0.3, 0.4) is 0 Å². The highest BCUT2D eigenvalue weighted by molar-refractivity contribution is 6.30. The van der Waals surface area contributed by atoms with E-state index in [4.69, 9.17) is 16.1 Å². The molecule has 7 nitrogen and oxygen atoms in total. The maximum atomic E-state index is 13.6. The Kier molecular flexibility index (Phi) is 7.13. The molecule has 2 aliphatic rings. The molecule has 2 heterocycles. The van der Waals surface area contributed by atoms with Crippen molar-refractivity contribution in [1.82, 2.24) is 19.9 Å². The fourth-order valence-corrected chi connectivity index (χ4v) is 4.88. The highest BCUT2D eigenvalue weighted by atomic mass is 35.5. The van der Waals surface area contributed by atoms with Gasteiger partial charge in [0, 0.05) is 29.6 Å². The van der Waals surface area contributed by atoms with E-state index < -0.39 is 0 Å². The van der Waals surface area contributed by atoms with Gasteiger partial charge in [0.05, 0.1) is 0 Å². The van der Waals surface area contributed by atoms with E-state index in [9.17, 15) is 9.59 Å². The van der Waals surface area contributed by atoms with Gasteiger partial charge in [-0.3, -0.25) is 9.59 Å². The highest BCUT2D eigenvalue weighted by Gasteiger charge is 2.35. The van der Waals surface area contributed by atoms with Crippen LogP contribution in [0.5, 0.6) is 0 Å². The van der Waals surface area contributed by atoms with Crippen molar-refractivity contribution >= 4 is 23.4 Å². The van der Waals surface area contributed by atoms with Gasteiger partial charge in [0.15, 0.2) is 0 Å². The second-order valence-corrected chi connectivity index (χ2v) is 9.81. The number of carbonyl (C=O) groups is 2. The van der Waals surface area contributed by atoms with Crippen LogP contribution in [0.2, 0.25) is 5.02 Å². The molecule has 1 unspecified atom stereocenters. The van der Waals surface area contributed by atoms with Crippen LogP contribution in [0.4, 0.5) is 0 Å². The Labute approximate surface area is 210 Å². The van der Waals surface area contributed by atoms with Gasteiger partial charge in [0.1, 0.15) is 12.6 Å². The van der Waals surface area contributed by atoms with Crippen molar-refractivity contribution in [1.29, 1.82) is 0 Å². The summed E-state index contributed by atoms with van der Waals surface area (Å²) in [6, 6.07) is 16.8. The molecule has 2 fully saturated rings. The van der Waals surface area contributed by atoms with Gasteiger partial charge < -0.3 is 14.3 Å². The number of nitrogens with zero attached hydrogens (tertiary/aromatic N) is 4. The number of aromatic nitrogens is 2. The van der Waals surface area contributed by atoms with E-state index >= 15 is 0 Å². The maximum Gasteiger partial charge on any atom is 0.249 e. The number of likely N-dealkylation sites (tertiary alicyclic amines) is 1. The topological polar surface area (TPSA) is 79.5 Å². The predicted octanol–water partition coefficient (Wildman–Crippen LogP) is 5.27. The van der Waals surface area contributed by atoms with Crippen molar-refractivity contribution in [2.45, 2.75) is 51.1 Å². The van der Waals surface area contributed by atoms with Crippen LogP contribution in [-0.2, 0) is 16.1 Å². The molecule has 182 valence electrons. The Morgan fingerprint density at radius 3 is 2.49 bits per heavy atom. The van der Waals surface area contributed by atoms with Gasteiger partial charge in [-0.05, 0) is 61.9 Å². The van der Waals surface area contributed by atoms with Gasteiger partial charge >= 0.3 is 0 Å². The molecule has 1 aliphatic heterocycles. The fraction of sp³-hybridized carbons (Fsp3) is 0.407. The Hall–Kier alpha value is -3.19. The van der Waals surface area contributed by atoms with Crippen LogP contribution in [0.1, 0.15) is 56.0 Å². The summed E-state index contributed by atoms with van der Waals surface area (Å²) in [4.78, 5) is 34.9.